The number of pyridine rings is 1. The van der Waals surface area contributed by atoms with Gasteiger partial charge in [0.1, 0.15) is 11.4 Å². The number of nitrogens with zero attached hydrogens (tertiary/aromatic N) is 2. The maximum Gasteiger partial charge on any atom is 0.433 e. The molecule has 2 nitrogen and oxygen atoms in total. The quantitative estimate of drug-likeness (QED) is 0.724. The van der Waals surface area contributed by atoms with Gasteiger partial charge in [-0.3, -0.25) is 0 Å². The first kappa shape index (κ1) is 17.2. The Bertz CT molecular complexity index is 423. The van der Waals surface area contributed by atoms with Crippen molar-refractivity contribution in [2.75, 3.05) is 0 Å². The van der Waals surface area contributed by atoms with Gasteiger partial charge in [-0.15, -0.1) is 0 Å². The number of rotatable bonds is 1. The lowest BCUT2D eigenvalue weighted by molar-refractivity contribution is -0.150. The molecule has 19 heavy (non-hydrogen) atoms. The number of hydrogen-bond donors (Lipinski definition) is 0. The van der Waals surface area contributed by atoms with Crippen LogP contribution in [0.1, 0.15) is 30.8 Å². The minimum Gasteiger partial charge on any atom is -0.239 e. The first-order valence-corrected chi connectivity index (χ1v) is 5.17. The lowest BCUT2D eigenvalue weighted by atomic mass is 10.1. The van der Waals surface area contributed by atoms with Crippen LogP contribution in [0.4, 0.5) is 26.3 Å². The van der Waals surface area contributed by atoms with Crippen LogP contribution in [0.25, 0.3) is 0 Å². The van der Waals surface area contributed by atoms with Crippen LogP contribution in [0.2, 0.25) is 0 Å². The van der Waals surface area contributed by atoms with E-state index in [1.54, 1.807) is 0 Å². The van der Waals surface area contributed by atoms with Crippen LogP contribution in [-0.4, -0.2) is 4.98 Å². The zero-order valence-corrected chi connectivity index (χ0v) is 10.0. The molecule has 8 heteroatoms. The Morgan fingerprint density at radius 2 is 1.37 bits per heavy atom. The minimum absolute atomic E-state index is 0.373. The van der Waals surface area contributed by atoms with Crippen LogP contribution in [-0.2, 0) is 18.8 Å². The molecule has 0 fully saturated rings. The number of hydrogen-bond acceptors (Lipinski definition) is 2. The van der Waals surface area contributed by atoms with Gasteiger partial charge in [0.15, 0.2) is 0 Å². The molecule has 0 atom stereocenters. The second-order valence-corrected chi connectivity index (χ2v) is 3.08. The van der Waals surface area contributed by atoms with E-state index in [1.807, 2.05) is 13.8 Å². The summed E-state index contributed by atoms with van der Waals surface area (Å²) in [5.41, 5.74) is -3.68. The number of aromatic nitrogens is 1. The summed E-state index contributed by atoms with van der Waals surface area (Å²) in [6.07, 6.45) is -10.5. The minimum atomic E-state index is -4.98. The summed E-state index contributed by atoms with van der Waals surface area (Å²) < 4.78 is 73.6. The third-order valence-corrected chi connectivity index (χ3v) is 1.75. The summed E-state index contributed by atoms with van der Waals surface area (Å²) in [4.78, 5) is 2.50. The molecular weight excluding hydrogens is 274 g/mol. The van der Waals surface area contributed by atoms with Crippen molar-refractivity contribution >= 4 is 0 Å². The molecule has 0 aromatic carbocycles. The Balaban J connectivity index is 0.00000154. The van der Waals surface area contributed by atoms with Crippen molar-refractivity contribution in [3.8, 4) is 6.07 Å². The number of halogens is 6. The molecule has 0 saturated carbocycles. The molecule has 1 heterocycles. The molecule has 0 amide bonds. The molecule has 0 unspecified atom stereocenters. The van der Waals surface area contributed by atoms with Crippen LogP contribution in [0, 0.1) is 11.3 Å². The van der Waals surface area contributed by atoms with E-state index in [4.69, 9.17) is 5.26 Å². The van der Waals surface area contributed by atoms with Gasteiger partial charge in [0, 0.05) is 0 Å². The van der Waals surface area contributed by atoms with Crippen LogP contribution >= 0.6 is 0 Å². The third kappa shape index (κ3) is 5.16. The Morgan fingerprint density at radius 3 is 1.63 bits per heavy atom. The Labute approximate surface area is 105 Å². The van der Waals surface area contributed by atoms with E-state index in [-0.39, 0.29) is 5.56 Å². The van der Waals surface area contributed by atoms with Crippen molar-refractivity contribution in [3.63, 3.8) is 0 Å². The van der Waals surface area contributed by atoms with Gasteiger partial charge in [-0.1, -0.05) is 13.8 Å². The number of alkyl halides is 6. The van der Waals surface area contributed by atoms with Gasteiger partial charge in [-0.25, -0.2) is 4.98 Å². The van der Waals surface area contributed by atoms with Crippen LogP contribution in [0.5, 0.6) is 0 Å². The first-order chi connectivity index (χ1) is 8.64. The van der Waals surface area contributed by atoms with Gasteiger partial charge in [-0.2, -0.15) is 31.6 Å². The molecular formula is C11H10F6N2. The fourth-order valence-corrected chi connectivity index (χ4v) is 1.07. The highest BCUT2D eigenvalue weighted by atomic mass is 19.4. The molecule has 0 bridgehead atoms. The summed E-state index contributed by atoms with van der Waals surface area (Å²) in [5, 5.41) is 8.27. The summed E-state index contributed by atoms with van der Waals surface area (Å²) >= 11 is 0. The van der Waals surface area contributed by atoms with Gasteiger partial charge in [0.25, 0.3) is 0 Å². The summed E-state index contributed by atoms with van der Waals surface area (Å²) in [7, 11) is 0. The van der Waals surface area contributed by atoms with E-state index in [1.165, 1.54) is 6.07 Å². The van der Waals surface area contributed by atoms with Gasteiger partial charge in [0.2, 0.25) is 0 Å². The Morgan fingerprint density at radius 1 is 1.00 bits per heavy atom. The lowest BCUT2D eigenvalue weighted by Crippen LogP contribution is -2.15. The normalized spacial score (nSPS) is 11.3. The largest absolute Gasteiger partial charge is 0.433 e. The van der Waals surface area contributed by atoms with E-state index < -0.39 is 30.2 Å². The molecule has 1 aromatic heterocycles. The molecule has 1 rings (SSSR count). The summed E-state index contributed by atoms with van der Waals surface area (Å²) in [6, 6.07) is 2.34. The van der Waals surface area contributed by atoms with Crippen molar-refractivity contribution in [2.24, 2.45) is 0 Å². The topological polar surface area (TPSA) is 36.7 Å². The molecule has 106 valence electrons. The van der Waals surface area contributed by atoms with E-state index in [9.17, 15) is 26.3 Å². The van der Waals surface area contributed by atoms with E-state index in [2.05, 4.69) is 4.98 Å². The van der Waals surface area contributed by atoms with Crippen molar-refractivity contribution in [1.82, 2.24) is 4.98 Å². The van der Waals surface area contributed by atoms with Crippen molar-refractivity contribution < 1.29 is 26.3 Å². The molecule has 0 aliphatic heterocycles. The highest BCUT2D eigenvalue weighted by molar-refractivity contribution is 5.26. The molecule has 0 spiro atoms. The maximum absolute atomic E-state index is 12.3. The van der Waals surface area contributed by atoms with Crippen LogP contribution < -0.4 is 0 Å². The lowest BCUT2D eigenvalue weighted by Gasteiger charge is -2.11. The summed E-state index contributed by atoms with van der Waals surface area (Å²) in [6.45, 7) is 4.00. The predicted octanol–water partition coefficient (Wildman–Crippen LogP) is 4.21. The van der Waals surface area contributed by atoms with Crippen LogP contribution in [0.3, 0.4) is 0 Å². The maximum atomic E-state index is 12.3. The summed E-state index contributed by atoms with van der Waals surface area (Å²) in [5.74, 6) is 0. The average molecular weight is 284 g/mol. The molecule has 0 radical (unpaired) electrons. The number of nitriles is 1. The first-order valence-electron chi connectivity index (χ1n) is 5.17. The smallest absolute Gasteiger partial charge is 0.239 e. The molecule has 0 aliphatic carbocycles. The third-order valence-electron chi connectivity index (χ3n) is 1.75. The zero-order chi connectivity index (χ0) is 15.3. The van der Waals surface area contributed by atoms with Gasteiger partial charge >= 0.3 is 12.4 Å². The van der Waals surface area contributed by atoms with E-state index >= 15 is 0 Å². The fourth-order valence-electron chi connectivity index (χ4n) is 1.07. The highest BCUT2D eigenvalue weighted by Gasteiger charge is 2.38. The second kappa shape index (κ2) is 6.41. The average Bonchev–Trinajstić information content (AvgIpc) is 2.29. The van der Waals surface area contributed by atoms with Gasteiger partial charge < -0.3 is 0 Å². The van der Waals surface area contributed by atoms with E-state index in [0.717, 1.165) is 0 Å². The van der Waals surface area contributed by atoms with Crippen molar-refractivity contribution in [3.05, 3.63) is 29.1 Å². The Hall–Kier alpha value is -1.78. The molecule has 0 saturated heterocycles. The monoisotopic (exact) mass is 284 g/mol. The van der Waals surface area contributed by atoms with Gasteiger partial charge in [0.05, 0.1) is 12.5 Å². The second-order valence-electron chi connectivity index (χ2n) is 3.08. The van der Waals surface area contributed by atoms with Gasteiger partial charge in [-0.05, 0) is 17.7 Å². The zero-order valence-electron chi connectivity index (χ0n) is 10.0. The SMILES string of the molecule is CC.N#CCc1cc(C(F)(F)F)nc(C(F)(F)F)c1. The standard InChI is InChI=1S/C9H4F6N2.C2H6/c10-8(11,12)6-3-5(1-2-16)4-7(17-6)9(13,14)15;1-2/h3-4H,1H2;1-2H3. The van der Waals surface area contributed by atoms with Crippen molar-refractivity contribution in [1.29, 1.82) is 5.26 Å². The molecule has 0 aliphatic rings. The van der Waals surface area contributed by atoms with Crippen molar-refractivity contribution in [2.45, 2.75) is 32.6 Å². The van der Waals surface area contributed by atoms with E-state index in [0.29, 0.717) is 12.1 Å². The molecule has 0 N–H and O–H groups in total. The Kier molecular flexibility index (Phi) is 5.81. The molecule has 1 aromatic rings. The highest BCUT2D eigenvalue weighted by Crippen LogP contribution is 2.33. The fraction of sp³-hybridized carbons (Fsp3) is 0.455. The van der Waals surface area contributed by atoms with Crippen LogP contribution in [0.15, 0.2) is 12.1 Å². The predicted molar refractivity (Wildman–Crippen MR) is 54.9 cm³/mol.